The molecule has 0 unspecified atom stereocenters. The summed E-state index contributed by atoms with van der Waals surface area (Å²) in [7, 11) is 1.90. The second-order valence-electron chi connectivity index (χ2n) is 5.45. The van der Waals surface area contributed by atoms with Gasteiger partial charge in [0.05, 0.1) is 5.92 Å². The second kappa shape index (κ2) is 6.40. The SMILES string of the molecule is Cn1nccc1CCNC(=O)[C@H]1COc2ccc(Cl)cc2C1. The number of amides is 1. The molecule has 1 aliphatic heterocycles. The predicted octanol–water partition coefficient (Wildman–Crippen LogP) is 1.98. The summed E-state index contributed by atoms with van der Waals surface area (Å²) < 4.78 is 7.46. The molecule has 6 heteroatoms. The summed E-state index contributed by atoms with van der Waals surface area (Å²) in [5, 5.41) is 7.75. The van der Waals surface area contributed by atoms with Gasteiger partial charge in [-0.3, -0.25) is 9.48 Å². The molecule has 5 nitrogen and oxygen atoms in total. The third-order valence-electron chi connectivity index (χ3n) is 3.90. The lowest BCUT2D eigenvalue weighted by molar-refractivity contribution is -0.126. The molecule has 22 heavy (non-hydrogen) atoms. The van der Waals surface area contributed by atoms with Gasteiger partial charge in [0.2, 0.25) is 5.91 Å². The zero-order chi connectivity index (χ0) is 15.5. The van der Waals surface area contributed by atoms with Gasteiger partial charge in [-0.2, -0.15) is 5.10 Å². The summed E-state index contributed by atoms with van der Waals surface area (Å²) in [6, 6.07) is 7.48. The van der Waals surface area contributed by atoms with Gasteiger partial charge < -0.3 is 10.1 Å². The van der Waals surface area contributed by atoms with E-state index >= 15 is 0 Å². The van der Waals surface area contributed by atoms with E-state index in [0.29, 0.717) is 24.6 Å². The Morgan fingerprint density at radius 1 is 1.50 bits per heavy atom. The van der Waals surface area contributed by atoms with Crippen molar-refractivity contribution in [2.24, 2.45) is 13.0 Å². The molecular weight excluding hydrogens is 302 g/mol. The van der Waals surface area contributed by atoms with Crippen LogP contribution in [0.25, 0.3) is 0 Å². The van der Waals surface area contributed by atoms with Gasteiger partial charge in [0.25, 0.3) is 0 Å². The van der Waals surface area contributed by atoms with Crippen LogP contribution in [-0.4, -0.2) is 28.8 Å². The van der Waals surface area contributed by atoms with E-state index < -0.39 is 0 Å². The van der Waals surface area contributed by atoms with Crippen molar-refractivity contribution in [3.8, 4) is 5.75 Å². The number of benzene rings is 1. The van der Waals surface area contributed by atoms with Crippen LogP contribution < -0.4 is 10.1 Å². The average molecular weight is 320 g/mol. The van der Waals surface area contributed by atoms with Crippen LogP contribution in [0.3, 0.4) is 0 Å². The Labute approximate surface area is 134 Å². The van der Waals surface area contributed by atoms with E-state index in [1.807, 2.05) is 29.9 Å². The molecule has 0 saturated heterocycles. The lowest BCUT2D eigenvalue weighted by Gasteiger charge is -2.24. The normalized spacial score (nSPS) is 16.7. The molecule has 1 aromatic heterocycles. The van der Waals surface area contributed by atoms with Crippen LogP contribution >= 0.6 is 11.6 Å². The van der Waals surface area contributed by atoms with Crippen molar-refractivity contribution in [3.05, 3.63) is 46.7 Å². The number of carbonyl (C=O) groups excluding carboxylic acids is 1. The van der Waals surface area contributed by atoms with Crippen LogP contribution in [-0.2, 0) is 24.7 Å². The van der Waals surface area contributed by atoms with E-state index in [-0.39, 0.29) is 11.8 Å². The van der Waals surface area contributed by atoms with Crippen molar-refractivity contribution >= 4 is 17.5 Å². The Bertz CT molecular complexity index is 684. The zero-order valence-corrected chi connectivity index (χ0v) is 13.1. The van der Waals surface area contributed by atoms with E-state index in [2.05, 4.69) is 10.4 Å². The molecule has 0 fully saturated rings. The molecule has 0 radical (unpaired) electrons. The number of hydrogen-bond acceptors (Lipinski definition) is 3. The van der Waals surface area contributed by atoms with Gasteiger partial charge in [0, 0.05) is 36.9 Å². The predicted molar refractivity (Wildman–Crippen MR) is 84.1 cm³/mol. The number of nitrogens with zero attached hydrogens (tertiary/aromatic N) is 2. The number of hydrogen-bond donors (Lipinski definition) is 1. The standard InChI is InChI=1S/C16H18ClN3O2/c1-20-14(5-7-19-20)4-6-18-16(21)12-8-11-9-13(17)2-3-15(11)22-10-12/h2-3,5,7,9,12H,4,6,8,10H2,1H3,(H,18,21)/t12-/m1/s1. The third kappa shape index (κ3) is 3.25. The molecule has 1 N–H and O–H groups in total. The number of aryl methyl sites for hydroxylation is 1. The molecule has 1 aromatic carbocycles. The highest BCUT2D eigenvalue weighted by molar-refractivity contribution is 6.30. The van der Waals surface area contributed by atoms with Gasteiger partial charge in [0.15, 0.2) is 0 Å². The van der Waals surface area contributed by atoms with Gasteiger partial charge >= 0.3 is 0 Å². The van der Waals surface area contributed by atoms with Crippen molar-refractivity contribution < 1.29 is 9.53 Å². The van der Waals surface area contributed by atoms with E-state index in [4.69, 9.17) is 16.3 Å². The molecule has 2 aromatic rings. The third-order valence-corrected chi connectivity index (χ3v) is 4.14. The monoisotopic (exact) mass is 319 g/mol. The molecular formula is C16H18ClN3O2. The van der Waals surface area contributed by atoms with Crippen LogP contribution in [0.5, 0.6) is 5.75 Å². The van der Waals surface area contributed by atoms with Crippen LogP contribution in [0, 0.1) is 5.92 Å². The maximum Gasteiger partial charge on any atom is 0.226 e. The molecule has 2 heterocycles. The summed E-state index contributed by atoms with van der Waals surface area (Å²) in [4.78, 5) is 12.3. The summed E-state index contributed by atoms with van der Waals surface area (Å²) in [6.07, 6.45) is 3.18. The number of aromatic nitrogens is 2. The lowest BCUT2D eigenvalue weighted by atomic mass is 9.96. The summed E-state index contributed by atoms with van der Waals surface area (Å²) >= 11 is 6.00. The highest BCUT2D eigenvalue weighted by Gasteiger charge is 2.25. The molecule has 0 spiro atoms. The quantitative estimate of drug-likeness (QED) is 0.937. The number of carbonyl (C=O) groups is 1. The Kier molecular flexibility index (Phi) is 4.34. The fourth-order valence-electron chi connectivity index (χ4n) is 2.64. The topological polar surface area (TPSA) is 56.2 Å². The number of rotatable bonds is 4. The van der Waals surface area contributed by atoms with E-state index in [0.717, 1.165) is 23.4 Å². The summed E-state index contributed by atoms with van der Waals surface area (Å²) in [6.45, 7) is 1.00. The second-order valence-corrected chi connectivity index (χ2v) is 5.89. The van der Waals surface area contributed by atoms with Crippen molar-refractivity contribution in [2.75, 3.05) is 13.2 Å². The Hall–Kier alpha value is -2.01. The summed E-state index contributed by atoms with van der Waals surface area (Å²) in [5.74, 6) is 0.675. The van der Waals surface area contributed by atoms with Crippen molar-refractivity contribution in [1.29, 1.82) is 0 Å². The fourth-order valence-corrected chi connectivity index (χ4v) is 2.83. The summed E-state index contributed by atoms with van der Waals surface area (Å²) in [5.41, 5.74) is 2.09. The Balaban J connectivity index is 1.54. The van der Waals surface area contributed by atoms with Crippen molar-refractivity contribution in [3.63, 3.8) is 0 Å². The molecule has 1 atom stereocenters. The Morgan fingerprint density at radius 2 is 2.36 bits per heavy atom. The average Bonchev–Trinajstić information content (AvgIpc) is 2.91. The number of fused-ring (bicyclic) bond motifs is 1. The molecule has 0 aliphatic carbocycles. The van der Waals surface area contributed by atoms with E-state index in [9.17, 15) is 4.79 Å². The molecule has 1 aliphatic rings. The molecule has 0 saturated carbocycles. The molecule has 3 rings (SSSR count). The lowest BCUT2D eigenvalue weighted by Crippen LogP contribution is -2.38. The number of halogens is 1. The minimum Gasteiger partial charge on any atom is -0.492 e. The van der Waals surface area contributed by atoms with Gasteiger partial charge in [-0.15, -0.1) is 0 Å². The molecule has 1 amide bonds. The first-order valence-corrected chi connectivity index (χ1v) is 7.67. The zero-order valence-electron chi connectivity index (χ0n) is 12.4. The van der Waals surface area contributed by atoms with E-state index in [1.54, 1.807) is 12.3 Å². The Morgan fingerprint density at radius 3 is 3.14 bits per heavy atom. The highest BCUT2D eigenvalue weighted by atomic mass is 35.5. The van der Waals surface area contributed by atoms with Gasteiger partial charge in [0.1, 0.15) is 12.4 Å². The largest absolute Gasteiger partial charge is 0.492 e. The van der Waals surface area contributed by atoms with Crippen LogP contribution in [0.1, 0.15) is 11.3 Å². The first-order chi connectivity index (χ1) is 10.6. The smallest absolute Gasteiger partial charge is 0.226 e. The minimum absolute atomic E-state index is 0.0211. The molecule has 0 bridgehead atoms. The van der Waals surface area contributed by atoms with E-state index in [1.165, 1.54) is 0 Å². The van der Waals surface area contributed by atoms with Crippen molar-refractivity contribution in [2.45, 2.75) is 12.8 Å². The van der Waals surface area contributed by atoms with Crippen LogP contribution in [0.4, 0.5) is 0 Å². The van der Waals surface area contributed by atoms with Crippen LogP contribution in [0.15, 0.2) is 30.5 Å². The minimum atomic E-state index is -0.169. The maximum absolute atomic E-state index is 12.3. The van der Waals surface area contributed by atoms with Crippen LogP contribution in [0.2, 0.25) is 5.02 Å². The number of nitrogens with one attached hydrogen (secondary N) is 1. The van der Waals surface area contributed by atoms with Crippen molar-refractivity contribution in [1.82, 2.24) is 15.1 Å². The van der Waals surface area contributed by atoms with Gasteiger partial charge in [-0.25, -0.2) is 0 Å². The first kappa shape index (κ1) is 14.9. The first-order valence-electron chi connectivity index (χ1n) is 7.29. The fraction of sp³-hybridized carbons (Fsp3) is 0.375. The number of ether oxygens (including phenoxy) is 1. The maximum atomic E-state index is 12.3. The van der Waals surface area contributed by atoms with Gasteiger partial charge in [-0.1, -0.05) is 11.6 Å². The molecule has 116 valence electrons. The van der Waals surface area contributed by atoms with Gasteiger partial charge in [-0.05, 0) is 36.2 Å². The highest BCUT2D eigenvalue weighted by Crippen LogP contribution is 2.29.